The summed E-state index contributed by atoms with van der Waals surface area (Å²) in [6.45, 7) is 5.83. The zero-order valence-electron chi connectivity index (χ0n) is 12.2. The second-order valence-corrected chi connectivity index (χ2v) is 6.03. The minimum Gasteiger partial charge on any atom is -0.351 e. The first kappa shape index (κ1) is 14.3. The Morgan fingerprint density at radius 2 is 2.19 bits per heavy atom. The molecule has 1 saturated heterocycles. The Morgan fingerprint density at radius 1 is 1.43 bits per heavy atom. The number of carbonyl (C=O) groups excluding carboxylic acids is 1. The van der Waals surface area contributed by atoms with Crippen LogP contribution in [0.2, 0.25) is 5.02 Å². The van der Waals surface area contributed by atoms with Crippen LogP contribution >= 0.6 is 11.6 Å². The molecule has 2 heterocycles. The molecule has 21 heavy (non-hydrogen) atoms. The molecule has 1 aromatic carbocycles. The third-order valence-corrected chi connectivity index (χ3v) is 4.33. The normalized spacial score (nSPS) is 19.8. The largest absolute Gasteiger partial charge is 0.351 e. The Labute approximate surface area is 129 Å². The summed E-state index contributed by atoms with van der Waals surface area (Å²) in [5, 5.41) is 4.70. The van der Waals surface area contributed by atoms with Crippen molar-refractivity contribution in [3.8, 4) is 0 Å². The van der Waals surface area contributed by atoms with Gasteiger partial charge in [0.2, 0.25) is 5.91 Å². The van der Waals surface area contributed by atoms with Crippen molar-refractivity contribution >= 4 is 28.4 Å². The van der Waals surface area contributed by atoms with Crippen molar-refractivity contribution in [3.63, 3.8) is 0 Å². The van der Waals surface area contributed by atoms with E-state index in [1.807, 2.05) is 38.1 Å². The fourth-order valence-electron chi connectivity index (χ4n) is 2.88. The molecule has 1 amide bonds. The number of hydrogen-bond donors (Lipinski definition) is 1. The molecule has 1 atom stereocenters. The van der Waals surface area contributed by atoms with Gasteiger partial charge in [-0.3, -0.25) is 9.69 Å². The molecule has 5 heteroatoms. The lowest BCUT2D eigenvalue weighted by molar-refractivity contribution is -0.125. The SMILES string of the molecule is Cc1c(Cl)c(CN2CC(=O)NC(C)C2)nc2ccccc12. The first-order valence-corrected chi connectivity index (χ1v) is 7.48. The number of carbonyl (C=O) groups is 1. The summed E-state index contributed by atoms with van der Waals surface area (Å²) in [7, 11) is 0. The number of benzene rings is 1. The number of aryl methyl sites for hydroxylation is 1. The second kappa shape index (κ2) is 5.62. The van der Waals surface area contributed by atoms with E-state index in [1.165, 1.54) is 0 Å². The predicted molar refractivity (Wildman–Crippen MR) is 84.4 cm³/mol. The summed E-state index contributed by atoms with van der Waals surface area (Å²) in [4.78, 5) is 18.4. The van der Waals surface area contributed by atoms with Crippen molar-refractivity contribution in [1.82, 2.24) is 15.2 Å². The lowest BCUT2D eigenvalue weighted by Crippen LogP contribution is -2.52. The average molecular weight is 304 g/mol. The van der Waals surface area contributed by atoms with Crippen LogP contribution in [0.25, 0.3) is 10.9 Å². The van der Waals surface area contributed by atoms with Gasteiger partial charge in [0, 0.05) is 24.5 Å². The number of hydrogen-bond acceptors (Lipinski definition) is 3. The Kier molecular flexibility index (Phi) is 3.83. The molecule has 2 aromatic rings. The van der Waals surface area contributed by atoms with E-state index < -0.39 is 0 Å². The molecule has 1 aromatic heterocycles. The number of para-hydroxylation sites is 1. The van der Waals surface area contributed by atoms with E-state index in [-0.39, 0.29) is 11.9 Å². The number of pyridine rings is 1. The molecular weight excluding hydrogens is 286 g/mol. The van der Waals surface area contributed by atoms with E-state index in [9.17, 15) is 4.79 Å². The van der Waals surface area contributed by atoms with Gasteiger partial charge in [-0.2, -0.15) is 0 Å². The molecule has 0 radical (unpaired) electrons. The summed E-state index contributed by atoms with van der Waals surface area (Å²) in [6.07, 6.45) is 0. The van der Waals surface area contributed by atoms with Crippen LogP contribution in [0.3, 0.4) is 0 Å². The topological polar surface area (TPSA) is 45.2 Å². The van der Waals surface area contributed by atoms with E-state index in [0.717, 1.165) is 28.7 Å². The highest BCUT2D eigenvalue weighted by Gasteiger charge is 2.23. The van der Waals surface area contributed by atoms with Crippen LogP contribution in [0.15, 0.2) is 24.3 Å². The van der Waals surface area contributed by atoms with Crippen LogP contribution in [-0.2, 0) is 11.3 Å². The summed E-state index contributed by atoms with van der Waals surface area (Å²) in [5.74, 6) is 0.0578. The Bertz CT molecular complexity index is 701. The van der Waals surface area contributed by atoms with E-state index >= 15 is 0 Å². The highest BCUT2D eigenvalue weighted by Crippen LogP contribution is 2.27. The molecule has 110 valence electrons. The summed E-state index contributed by atoms with van der Waals surface area (Å²) in [6, 6.07) is 8.15. The van der Waals surface area contributed by atoms with E-state index in [4.69, 9.17) is 11.6 Å². The van der Waals surface area contributed by atoms with Gasteiger partial charge < -0.3 is 5.32 Å². The third kappa shape index (κ3) is 2.87. The number of fused-ring (bicyclic) bond motifs is 1. The number of rotatable bonds is 2. The first-order chi connectivity index (χ1) is 10.0. The fraction of sp³-hybridized carbons (Fsp3) is 0.375. The Balaban J connectivity index is 1.93. The molecule has 4 nitrogen and oxygen atoms in total. The van der Waals surface area contributed by atoms with Crippen molar-refractivity contribution in [1.29, 1.82) is 0 Å². The maximum Gasteiger partial charge on any atom is 0.234 e. The number of aromatic nitrogens is 1. The Morgan fingerprint density at radius 3 is 2.95 bits per heavy atom. The molecule has 0 bridgehead atoms. The van der Waals surface area contributed by atoms with Gasteiger partial charge >= 0.3 is 0 Å². The molecular formula is C16H18ClN3O. The highest BCUT2D eigenvalue weighted by molar-refractivity contribution is 6.32. The lowest BCUT2D eigenvalue weighted by atomic mass is 10.1. The minimum atomic E-state index is 0.0578. The van der Waals surface area contributed by atoms with E-state index in [0.29, 0.717) is 18.1 Å². The molecule has 1 aliphatic rings. The molecule has 0 saturated carbocycles. The maximum atomic E-state index is 11.6. The number of halogens is 1. The van der Waals surface area contributed by atoms with Gasteiger partial charge in [-0.1, -0.05) is 29.8 Å². The number of nitrogens with zero attached hydrogens (tertiary/aromatic N) is 2. The standard InChI is InChI=1S/C16H18ClN3O/c1-10-7-20(9-15(21)18-10)8-14-16(17)11(2)12-5-3-4-6-13(12)19-14/h3-6,10H,7-9H2,1-2H3,(H,18,21). The summed E-state index contributed by atoms with van der Waals surface area (Å²) < 4.78 is 0. The third-order valence-electron chi connectivity index (χ3n) is 3.83. The van der Waals surface area contributed by atoms with Gasteiger partial charge in [-0.25, -0.2) is 4.98 Å². The molecule has 1 fully saturated rings. The second-order valence-electron chi connectivity index (χ2n) is 5.65. The van der Waals surface area contributed by atoms with E-state index in [2.05, 4.69) is 15.2 Å². The first-order valence-electron chi connectivity index (χ1n) is 7.10. The van der Waals surface area contributed by atoms with Crippen LogP contribution in [0.1, 0.15) is 18.2 Å². The zero-order valence-corrected chi connectivity index (χ0v) is 12.9. The Hall–Kier alpha value is -1.65. The van der Waals surface area contributed by atoms with Crippen molar-refractivity contribution < 1.29 is 4.79 Å². The minimum absolute atomic E-state index is 0.0578. The monoisotopic (exact) mass is 303 g/mol. The average Bonchev–Trinajstić information content (AvgIpc) is 2.43. The van der Waals surface area contributed by atoms with Gasteiger partial charge in [0.25, 0.3) is 0 Å². The van der Waals surface area contributed by atoms with Gasteiger partial charge in [0.15, 0.2) is 0 Å². The molecule has 1 unspecified atom stereocenters. The smallest absolute Gasteiger partial charge is 0.234 e. The fourth-order valence-corrected chi connectivity index (χ4v) is 3.08. The number of amides is 1. The van der Waals surface area contributed by atoms with Crippen molar-refractivity contribution in [2.45, 2.75) is 26.4 Å². The number of nitrogens with one attached hydrogen (secondary N) is 1. The van der Waals surface area contributed by atoms with Gasteiger partial charge in [-0.15, -0.1) is 0 Å². The zero-order chi connectivity index (χ0) is 15.0. The highest BCUT2D eigenvalue weighted by atomic mass is 35.5. The summed E-state index contributed by atoms with van der Waals surface area (Å²) in [5.41, 5.74) is 2.84. The van der Waals surface area contributed by atoms with Gasteiger partial charge in [0.1, 0.15) is 0 Å². The van der Waals surface area contributed by atoms with Crippen LogP contribution in [-0.4, -0.2) is 34.9 Å². The van der Waals surface area contributed by atoms with Crippen molar-refractivity contribution in [2.75, 3.05) is 13.1 Å². The number of piperazine rings is 1. The van der Waals surface area contributed by atoms with Crippen LogP contribution in [0, 0.1) is 6.92 Å². The maximum absolute atomic E-state index is 11.6. The van der Waals surface area contributed by atoms with Gasteiger partial charge in [0.05, 0.1) is 22.8 Å². The van der Waals surface area contributed by atoms with Crippen molar-refractivity contribution in [2.24, 2.45) is 0 Å². The molecule has 1 aliphatic heterocycles. The molecule has 1 N–H and O–H groups in total. The predicted octanol–water partition coefficient (Wildman–Crippen LogP) is 2.52. The van der Waals surface area contributed by atoms with Gasteiger partial charge in [-0.05, 0) is 25.5 Å². The molecule has 3 rings (SSSR count). The molecule has 0 aliphatic carbocycles. The van der Waals surface area contributed by atoms with Crippen LogP contribution < -0.4 is 5.32 Å². The van der Waals surface area contributed by atoms with Crippen molar-refractivity contribution in [3.05, 3.63) is 40.5 Å². The van der Waals surface area contributed by atoms with E-state index in [1.54, 1.807) is 0 Å². The van der Waals surface area contributed by atoms with Crippen LogP contribution in [0.5, 0.6) is 0 Å². The summed E-state index contributed by atoms with van der Waals surface area (Å²) >= 11 is 6.47. The molecule has 0 spiro atoms. The quantitative estimate of drug-likeness (QED) is 0.927. The van der Waals surface area contributed by atoms with Crippen LogP contribution in [0.4, 0.5) is 0 Å². The lowest BCUT2D eigenvalue weighted by Gasteiger charge is -2.31.